The number of nitrogens with one attached hydrogen (secondary N) is 1. The normalized spacial score (nSPS) is 14.9. The highest BCUT2D eigenvalue weighted by molar-refractivity contribution is 5.94. The molecule has 8 heteroatoms. The molecule has 8 nitrogen and oxygen atoms in total. The Hall–Kier alpha value is -3.42. The molecular formula is C22H26N6O2. The van der Waals surface area contributed by atoms with Gasteiger partial charge in [-0.05, 0) is 37.0 Å². The summed E-state index contributed by atoms with van der Waals surface area (Å²) in [5.41, 5.74) is 1.29. The van der Waals surface area contributed by atoms with Crippen LogP contribution in [0, 0.1) is 0 Å². The van der Waals surface area contributed by atoms with Crippen LogP contribution in [0.2, 0.25) is 0 Å². The number of aromatic nitrogens is 4. The zero-order chi connectivity index (χ0) is 20.9. The number of carbonyl (C=O) groups is 1. The van der Waals surface area contributed by atoms with Crippen molar-refractivity contribution < 1.29 is 9.53 Å². The summed E-state index contributed by atoms with van der Waals surface area (Å²) in [5, 5.41) is 3.07. The fraction of sp³-hybridized carbons (Fsp3) is 0.364. The second kappa shape index (κ2) is 8.94. The average Bonchev–Trinajstić information content (AvgIpc) is 3.23. The maximum absolute atomic E-state index is 13.0. The molecule has 1 atom stereocenters. The maximum atomic E-state index is 13.0. The first kappa shape index (κ1) is 19.9. The average molecular weight is 406 g/mol. The van der Waals surface area contributed by atoms with Crippen molar-refractivity contribution in [1.82, 2.24) is 24.8 Å². The SMILES string of the molecule is COc1cccc([C@H](NC(=O)c2cnc(N3CCCCC3)nc2)c2nccn2C)c1. The topological polar surface area (TPSA) is 85.2 Å². The van der Waals surface area contributed by atoms with Crippen molar-refractivity contribution in [3.8, 4) is 5.75 Å². The summed E-state index contributed by atoms with van der Waals surface area (Å²) >= 11 is 0. The molecule has 1 amide bonds. The van der Waals surface area contributed by atoms with Crippen molar-refractivity contribution in [3.05, 3.63) is 66.0 Å². The van der Waals surface area contributed by atoms with Gasteiger partial charge in [0.25, 0.3) is 5.91 Å². The zero-order valence-electron chi connectivity index (χ0n) is 17.3. The fourth-order valence-corrected chi connectivity index (χ4v) is 3.68. The van der Waals surface area contributed by atoms with E-state index in [-0.39, 0.29) is 5.91 Å². The Morgan fingerprint density at radius 3 is 2.57 bits per heavy atom. The molecule has 156 valence electrons. The molecule has 1 aromatic carbocycles. The van der Waals surface area contributed by atoms with E-state index in [4.69, 9.17) is 4.74 Å². The highest BCUT2D eigenvalue weighted by Gasteiger charge is 2.23. The van der Waals surface area contributed by atoms with Crippen LogP contribution in [0.15, 0.2) is 49.1 Å². The van der Waals surface area contributed by atoms with Gasteiger partial charge < -0.3 is 19.5 Å². The van der Waals surface area contributed by atoms with E-state index in [1.165, 1.54) is 6.42 Å². The van der Waals surface area contributed by atoms with E-state index >= 15 is 0 Å². The number of nitrogens with zero attached hydrogens (tertiary/aromatic N) is 5. The van der Waals surface area contributed by atoms with Crippen LogP contribution < -0.4 is 15.0 Å². The first-order chi connectivity index (χ1) is 14.7. The van der Waals surface area contributed by atoms with Crippen molar-refractivity contribution in [1.29, 1.82) is 0 Å². The summed E-state index contributed by atoms with van der Waals surface area (Å²) < 4.78 is 7.24. The molecule has 0 radical (unpaired) electrons. The van der Waals surface area contributed by atoms with Crippen LogP contribution in [0.1, 0.15) is 47.1 Å². The van der Waals surface area contributed by atoms with Gasteiger partial charge in [0.05, 0.1) is 12.7 Å². The number of imidazole rings is 1. The lowest BCUT2D eigenvalue weighted by molar-refractivity contribution is 0.0940. The summed E-state index contributed by atoms with van der Waals surface area (Å²) in [7, 11) is 3.52. The Balaban J connectivity index is 1.56. The third-order valence-corrected chi connectivity index (χ3v) is 5.36. The number of piperidine rings is 1. The highest BCUT2D eigenvalue weighted by atomic mass is 16.5. The molecule has 3 heterocycles. The second-order valence-electron chi connectivity index (χ2n) is 7.40. The van der Waals surface area contributed by atoms with Gasteiger partial charge in [-0.3, -0.25) is 4.79 Å². The molecule has 0 bridgehead atoms. The number of ether oxygens (including phenoxy) is 1. The van der Waals surface area contributed by atoms with Crippen molar-refractivity contribution in [2.24, 2.45) is 7.05 Å². The smallest absolute Gasteiger partial charge is 0.255 e. The van der Waals surface area contributed by atoms with E-state index in [1.807, 2.05) is 42.1 Å². The quantitative estimate of drug-likeness (QED) is 0.678. The Labute approximate surface area is 175 Å². The standard InChI is InChI=1S/C22H26N6O2/c1-27-12-9-23-20(27)19(16-7-6-8-18(13-16)30-2)26-21(29)17-14-24-22(25-15-17)28-10-4-3-5-11-28/h6-9,12-15,19H,3-5,10-11H2,1-2H3,(H,26,29)/t19-/m0/s1. The van der Waals surface area contributed by atoms with Gasteiger partial charge in [0.1, 0.15) is 17.6 Å². The molecular weight excluding hydrogens is 380 g/mol. The first-order valence-electron chi connectivity index (χ1n) is 10.1. The summed E-state index contributed by atoms with van der Waals surface area (Å²) in [6.45, 7) is 1.92. The van der Waals surface area contributed by atoms with E-state index in [9.17, 15) is 4.79 Å². The van der Waals surface area contributed by atoms with Crippen molar-refractivity contribution in [2.75, 3.05) is 25.1 Å². The van der Waals surface area contributed by atoms with Crippen LogP contribution in [0.4, 0.5) is 5.95 Å². The minimum atomic E-state index is -0.436. The number of carbonyl (C=O) groups excluding carboxylic acids is 1. The molecule has 1 aliphatic rings. The molecule has 0 saturated carbocycles. The lowest BCUT2D eigenvalue weighted by Gasteiger charge is -2.26. The van der Waals surface area contributed by atoms with Crippen molar-refractivity contribution in [2.45, 2.75) is 25.3 Å². The summed E-state index contributed by atoms with van der Waals surface area (Å²) in [6, 6.07) is 7.17. The molecule has 1 saturated heterocycles. The molecule has 1 N–H and O–H groups in total. The van der Waals surface area contributed by atoms with Crippen LogP contribution in [0.5, 0.6) is 5.75 Å². The number of rotatable bonds is 6. The minimum absolute atomic E-state index is 0.254. The number of hydrogen-bond donors (Lipinski definition) is 1. The predicted molar refractivity (Wildman–Crippen MR) is 114 cm³/mol. The van der Waals surface area contributed by atoms with Gasteiger partial charge in [0.15, 0.2) is 0 Å². The monoisotopic (exact) mass is 406 g/mol. The third-order valence-electron chi connectivity index (χ3n) is 5.36. The Morgan fingerprint density at radius 1 is 1.13 bits per heavy atom. The highest BCUT2D eigenvalue weighted by Crippen LogP contribution is 2.24. The van der Waals surface area contributed by atoms with Crippen molar-refractivity contribution in [3.63, 3.8) is 0 Å². The molecule has 0 unspecified atom stereocenters. The van der Waals surface area contributed by atoms with Crippen LogP contribution in [0.25, 0.3) is 0 Å². The zero-order valence-corrected chi connectivity index (χ0v) is 17.3. The number of benzene rings is 1. The van der Waals surface area contributed by atoms with Crippen LogP contribution in [-0.2, 0) is 7.05 Å². The fourth-order valence-electron chi connectivity index (χ4n) is 3.68. The largest absolute Gasteiger partial charge is 0.497 e. The lowest BCUT2D eigenvalue weighted by atomic mass is 10.1. The number of hydrogen-bond acceptors (Lipinski definition) is 6. The van der Waals surface area contributed by atoms with Crippen LogP contribution in [0.3, 0.4) is 0 Å². The van der Waals surface area contributed by atoms with Crippen molar-refractivity contribution >= 4 is 11.9 Å². The predicted octanol–water partition coefficient (Wildman–Crippen LogP) is 2.73. The van der Waals surface area contributed by atoms with E-state index in [2.05, 4.69) is 25.2 Å². The lowest BCUT2D eigenvalue weighted by Crippen LogP contribution is -2.32. The van der Waals surface area contributed by atoms with E-state index in [0.29, 0.717) is 11.5 Å². The van der Waals surface area contributed by atoms with Gasteiger partial charge in [0, 0.05) is 44.9 Å². The molecule has 1 aliphatic heterocycles. The summed E-state index contributed by atoms with van der Waals surface area (Å²) in [6.07, 6.45) is 10.3. The molecule has 3 aromatic rings. The summed E-state index contributed by atoms with van der Waals surface area (Å²) in [5.74, 6) is 1.87. The number of methoxy groups -OCH3 is 1. The number of amides is 1. The molecule has 4 rings (SSSR count). The molecule has 0 spiro atoms. The van der Waals surface area contributed by atoms with Gasteiger partial charge in [-0.1, -0.05) is 12.1 Å². The number of aryl methyl sites for hydroxylation is 1. The van der Waals surface area contributed by atoms with Crippen LogP contribution >= 0.6 is 0 Å². The van der Waals surface area contributed by atoms with E-state index in [0.717, 1.165) is 43.1 Å². The minimum Gasteiger partial charge on any atom is -0.497 e. The summed E-state index contributed by atoms with van der Waals surface area (Å²) in [4.78, 5) is 28.5. The maximum Gasteiger partial charge on any atom is 0.255 e. The molecule has 2 aromatic heterocycles. The van der Waals surface area contributed by atoms with E-state index in [1.54, 1.807) is 25.7 Å². The Bertz CT molecular complexity index is 995. The molecule has 30 heavy (non-hydrogen) atoms. The Kier molecular flexibility index (Phi) is 5.92. The Morgan fingerprint density at radius 2 is 1.90 bits per heavy atom. The van der Waals surface area contributed by atoms with Crippen LogP contribution in [-0.4, -0.2) is 45.6 Å². The van der Waals surface area contributed by atoms with E-state index < -0.39 is 6.04 Å². The van der Waals surface area contributed by atoms with Gasteiger partial charge in [-0.15, -0.1) is 0 Å². The molecule has 0 aliphatic carbocycles. The third kappa shape index (κ3) is 4.27. The van der Waals surface area contributed by atoms with Gasteiger partial charge >= 0.3 is 0 Å². The van der Waals surface area contributed by atoms with Gasteiger partial charge in [0.2, 0.25) is 5.95 Å². The molecule has 1 fully saturated rings. The van der Waals surface area contributed by atoms with Gasteiger partial charge in [-0.25, -0.2) is 15.0 Å². The van der Waals surface area contributed by atoms with Gasteiger partial charge in [-0.2, -0.15) is 0 Å². The first-order valence-corrected chi connectivity index (χ1v) is 10.1. The second-order valence-corrected chi connectivity index (χ2v) is 7.40. The number of anilines is 1.